The Bertz CT molecular complexity index is 892. The van der Waals surface area contributed by atoms with Gasteiger partial charge in [-0.05, 0) is 18.2 Å². The molecule has 1 aromatic carbocycles. The number of ether oxygens (including phenoxy) is 1. The molecule has 0 aliphatic rings. The molecule has 2 aromatic heterocycles. The van der Waals surface area contributed by atoms with Crippen molar-refractivity contribution in [1.82, 2.24) is 9.38 Å². The Morgan fingerprint density at radius 2 is 2.20 bits per heavy atom. The number of aromatic nitrogens is 2. The summed E-state index contributed by atoms with van der Waals surface area (Å²) in [6, 6.07) is 9.15. The first-order chi connectivity index (χ1) is 9.69. The fourth-order valence-corrected chi connectivity index (χ4v) is 3.00. The van der Waals surface area contributed by atoms with E-state index < -0.39 is 5.97 Å². The number of nitrogens with zero attached hydrogens (tertiary/aromatic N) is 2. The molecule has 6 heteroatoms. The quantitative estimate of drug-likeness (QED) is 0.534. The van der Waals surface area contributed by atoms with Gasteiger partial charge in [0.2, 0.25) is 0 Å². The maximum atomic E-state index is 11.6. The van der Waals surface area contributed by atoms with Gasteiger partial charge < -0.3 is 4.74 Å². The topological polar surface area (TPSA) is 60.7 Å². The van der Waals surface area contributed by atoms with Gasteiger partial charge in [0.05, 0.1) is 23.0 Å². The van der Waals surface area contributed by atoms with Gasteiger partial charge in [-0.25, -0.2) is 4.79 Å². The van der Waals surface area contributed by atoms with Gasteiger partial charge in [-0.1, -0.05) is 23.5 Å². The van der Waals surface area contributed by atoms with Crippen molar-refractivity contribution in [3.05, 3.63) is 52.5 Å². The van der Waals surface area contributed by atoms with Gasteiger partial charge in [-0.2, -0.15) is 4.98 Å². The molecule has 0 fully saturated rings. The second-order valence-corrected chi connectivity index (χ2v) is 5.07. The number of carbonyl (C=O) groups excluding carboxylic acids is 1. The van der Waals surface area contributed by atoms with Crippen molar-refractivity contribution in [3.8, 4) is 0 Å². The summed E-state index contributed by atoms with van der Waals surface area (Å²) in [4.78, 5) is 27.4. The molecule has 0 spiro atoms. The molecule has 0 radical (unpaired) electrons. The smallest absolute Gasteiger partial charge is 0.330 e. The van der Waals surface area contributed by atoms with Gasteiger partial charge in [0.1, 0.15) is 0 Å². The molecule has 2 heterocycles. The predicted octanol–water partition coefficient (Wildman–Crippen LogP) is 2.10. The summed E-state index contributed by atoms with van der Waals surface area (Å²) >= 11 is 1.43. The van der Waals surface area contributed by atoms with Crippen LogP contribution in [0.2, 0.25) is 0 Å². The van der Waals surface area contributed by atoms with Crippen molar-refractivity contribution in [3.63, 3.8) is 0 Å². The summed E-state index contributed by atoms with van der Waals surface area (Å²) in [5.41, 5.74) is 1.22. The fraction of sp³-hybridized carbons (Fsp3) is 0.0714. The Hall–Kier alpha value is -2.47. The molecule has 0 aliphatic heterocycles. The van der Waals surface area contributed by atoms with Crippen LogP contribution in [0.15, 0.2) is 41.2 Å². The molecule has 0 bridgehead atoms. The van der Waals surface area contributed by atoms with E-state index in [0.717, 1.165) is 10.2 Å². The van der Waals surface area contributed by atoms with Crippen LogP contribution in [-0.4, -0.2) is 22.5 Å². The minimum absolute atomic E-state index is 0.332. The third kappa shape index (κ3) is 2.10. The van der Waals surface area contributed by atoms with Gasteiger partial charge in [-0.15, -0.1) is 0 Å². The molecule has 0 amide bonds. The molecule has 100 valence electrons. The zero-order valence-corrected chi connectivity index (χ0v) is 11.4. The first kappa shape index (κ1) is 12.6. The molecule has 0 atom stereocenters. The number of esters is 1. The highest BCUT2D eigenvalue weighted by Gasteiger charge is 2.08. The Labute approximate surface area is 117 Å². The molecule has 0 N–H and O–H groups in total. The van der Waals surface area contributed by atoms with Gasteiger partial charge in [-0.3, -0.25) is 9.20 Å². The minimum Gasteiger partial charge on any atom is -0.466 e. The van der Waals surface area contributed by atoms with Crippen LogP contribution in [-0.2, 0) is 9.53 Å². The molecule has 20 heavy (non-hydrogen) atoms. The van der Waals surface area contributed by atoms with E-state index in [1.165, 1.54) is 30.6 Å². The van der Waals surface area contributed by atoms with Crippen LogP contribution in [0.4, 0.5) is 0 Å². The molecular weight excluding hydrogens is 276 g/mol. The Morgan fingerprint density at radius 1 is 1.40 bits per heavy atom. The fourth-order valence-electron chi connectivity index (χ4n) is 1.96. The summed E-state index contributed by atoms with van der Waals surface area (Å²) in [6.45, 7) is 0. The highest BCUT2D eigenvalue weighted by atomic mass is 32.1. The average molecular weight is 286 g/mol. The average Bonchev–Trinajstić information content (AvgIpc) is 2.82. The van der Waals surface area contributed by atoms with Gasteiger partial charge in [0.25, 0.3) is 5.56 Å². The van der Waals surface area contributed by atoms with E-state index in [0.29, 0.717) is 10.7 Å². The summed E-state index contributed by atoms with van der Waals surface area (Å²) in [7, 11) is 1.31. The number of hydrogen-bond acceptors (Lipinski definition) is 5. The van der Waals surface area contributed by atoms with Crippen LogP contribution in [0.5, 0.6) is 0 Å². The molecule has 0 saturated carbocycles. The Kier molecular flexibility index (Phi) is 3.08. The van der Waals surface area contributed by atoms with Crippen LogP contribution in [0.3, 0.4) is 0 Å². The number of methoxy groups -OCH3 is 1. The highest BCUT2D eigenvalue weighted by Crippen LogP contribution is 2.25. The molecule has 0 aliphatic carbocycles. The number of para-hydroxylation sites is 1. The van der Waals surface area contributed by atoms with Crippen LogP contribution < -0.4 is 5.56 Å². The predicted molar refractivity (Wildman–Crippen MR) is 77.9 cm³/mol. The van der Waals surface area contributed by atoms with E-state index in [9.17, 15) is 9.59 Å². The second kappa shape index (κ2) is 4.90. The monoisotopic (exact) mass is 286 g/mol. The highest BCUT2D eigenvalue weighted by molar-refractivity contribution is 7.23. The maximum absolute atomic E-state index is 11.6. The van der Waals surface area contributed by atoms with Crippen molar-refractivity contribution >= 4 is 38.6 Å². The van der Waals surface area contributed by atoms with Crippen LogP contribution in [0, 0.1) is 0 Å². The Balaban J connectivity index is 2.32. The lowest BCUT2D eigenvalue weighted by Crippen LogP contribution is -2.08. The summed E-state index contributed by atoms with van der Waals surface area (Å²) in [5.74, 6) is -0.470. The van der Waals surface area contributed by atoms with Crippen molar-refractivity contribution in [2.24, 2.45) is 0 Å². The van der Waals surface area contributed by atoms with E-state index in [1.807, 2.05) is 28.7 Å². The van der Waals surface area contributed by atoms with Gasteiger partial charge >= 0.3 is 5.97 Å². The number of thiazole rings is 1. The third-order valence-electron chi connectivity index (χ3n) is 2.83. The van der Waals surface area contributed by atoms with E-state index >= 15 is 0 Å². The summed E-state index contributed by atoms with van der Waals surface area (Å²) in [5, 5.41) is 0. The van der Waals surface area contributed by atoms with Crippen molar-refractivity contribution in [1.29, 1.82) is 0 Å². The lowest BCUT2D eigenvalue weighted by molar-refractivity contribution is -0.134. The van der Waals surface area contributed by atoms with Crippen molar-refractivity contribution in [2.75, 3.05) is 7.11 Å². The SMILES string of the molecule is COC(=O)/C=C\c1cc(=O)nc2sc3ccccc3n12. The van der Waals surface area contributed by atoms with E-state index in [-0.39, 0.29) is 5.56 Å². The number of rotatable bonds is 2. The van der Waals surface area contributed by atoms with E-state index in [4.69, 9.17) is 0 Å². The number of hydrogen-bond donors (Lipinski definition) is 0. The van der Waals surface area contributed by atoms with E-state index in [2.05, 4.69) is 9.72 Å². The first-order valence-electron chi connectivity index (χ1n) is 5.86. The first-order valence-corrected chi connectivity index (χ1v) is 6.68. The van der Waals surface area contributed by atoms with Gasteiger partial charge in [0, 0.05) is 12.1 Å². The number of benzene rings is 1. The van der Waals surface area contributed by atoms with Crippen LogP contribution in [0.1, 0.15) is 5.69 Å². The zero-order chi connectivity index (χ0) is 14.1. The lowest BCUT2D eigenvalue weighted by atomic mass is 10.3. The molecule has 3 aromatic rings. The van der Waals surface area contributed by atoms with Crippen LogP contribution >= 0.6 is 11.3 Å². The van der Waals surface area contributed by atoms with Gasteiger partial charge in [0.15, 0.2) is 4.96 Å². The minimum atomic E-state index is -0.470. The van der Waals surface area contributed by atoms with Crippen LogP contribution in [0.25, 0.3) is 21.3 Å². The molecule has 5 nitrogen and oxygen atoms in total. The summed E-state index contributed by atoms with van der Waals surface area (Å²) < 4.78 is 7.43. The molecule has 3 rings (SSSR count). The largest absolute Gasteiger partial charge is 0.466 e. The number of fused-ring (bicyclic) bond motifs is 3. The van der Waals surface area contributed by atoms with Crippen molar-refractivity contribution in [2.45, 2.75) is 0 Å². The lowest BCUT2D eigenvalue weighted by Gasteiger charge is -2.00. The van der Waals surface area contributed by atoms with E-state index in [1.54, 1.807) is 6.08 Å². The Morgan fingerprint density at radius 3 is 3.00 bits per heavy atom. The molecule has 0 saturated heterocycles. The van der Waals surface area contributed by atoms with Crippen molar-refractivity contribution < 1.29 is 9.53 Å². The zero-order valence-electron chi connectivity index (χ0n) is 10.6. The standard InChI is InChI=1S/C14H10N2O3S/c1-19-13(18)7-6-9-8-12(17)15-14-16(9)10-4-2-3-5-11(10)20-14/h2-8H,1H3/b7-6-. The maximum Gasteiger partial charge on any atom is 0.330 e. The number of carbonyl (C=O) groups is 1. The summed E-state index contributed by atoms with van der Waals surface area (Å²) in [6.07, 6.45) is 2.84. The second-order valence-electron chi connectivity index (χ2n) is 4.06. The molecular formula is C14H10N2O3S. The normalized spacial score (nSPS) is 11.4. The third-order valence-corrected chi connectivity index (χ3v) is 3.85. The molecule has 0 unspecified atom stereocenters.